The van der Waals surface area contributed by atoms with Gasteiger partial charge in [0.05, 0.1) is 11.9 Å². The van der Waals surface area contributed by atoms with Gasteiger partial charge in [-0.2, -0.15) is 5.10 Å². The molecule has 0 saturated carbocycles. The van der Waals surface area contributed by atoms with Crippen molar-refractivity contribution in [2.24, 2.45) is 7.05 Å². The average Bonchev–Trinajstić information content (AvgIpc) is 2.67. The first-order chi connectivity index (χ1) is 8.08. The molecule has 0 spiro atoms. The first-order valence-corrected chi connectivity index (χ1v) is 6.13. The maximum Gasteiger partial charge on any atom is 0.245 e. The number of amides is 1. The van der Waals surface area contributed by atoms with Crippen molar-refractivity contribution >= 4 is 11.6 Å². The number of aromatic nitrogens is 2. The number of anilines is 1. The number of carbonyl (C=O) groups excluding carboxylic acids is 1. The van der Waals surface area contributed by atoms with Gasteiger partial charge in [-0.15, -0.1) is 0 Å². The summed E-state index contributed by atoms with van der Waals surface area (Å²) in [6, 6.07) is 0.177. The number of likely N-dealkylation sites (tertiary alicyclic amines) is 1. The van der Waals surface area contributed by atoms with Crippen LogP contribution in [0.15, 0.2) is 12.4 Å². The van der Waals surface area contributed by atoms with Crippen LogP contribution in [0.1, 0.15) is 26.7 Å². The van der Waals surface area contributed by atoms with E-state index in [0.717, 1.165) is 25.1 Å². The predicted octanol–water partition coefficient (Wildman–Crippen LogP) is 1.23. The zero-order valence-electron chi connectivity index (χ0n) is 10.7. The van der Waals surface area contributed by atoms with Crippen LogP contribution in [-0.2, 0) is 11.8 Å². The number of aryl methyl sites for hydroxylation is 1. The fraction of sp³-hybridized carbons (Fsp3) is 0.667. The third kappa shape index (κ3) is 2.60. The number of piperidine rings is 1. The van der Waals surface area contributed by atoms with Crippen molar-refractivity contribution in [1.82, 2.24) is 14.7 Å². The number of hydrogen-bond acceptors (Lipinski definition) is 3. The van der Waals surface area contributed by atoms with Gasteiger partial charge in [0.15, 0.2) is 0 Å². The molecule has 0 radical (unpaired) electrons. The zero-order chi connectivity index (χ0) is 12.4. The van der Waals surface area contributed by atoms with Crippen molar-refractivity contribution in [1.29, 1.82) is 0 Å². The van der Waals surface area contributed by atoms with Crippen LogP contribution in [-0.4, -0.2) is 39.2 Å². The SMILES string of the molecule is CC(C)N1CCCC(Nc2cnn(C)c2)C1=O. The molecule has 1 aliphatic heterocycles. The third-order valence-electron chi connectivity index (χ3n) is 3.14. The Labute approximate surface area is 102 Å². The zero-order valence-corrected chi connectivity index (χ0v) is 10.7. The predicted molar refractivity (Wildman–Crippen MR) is 66.7 cm³/mol. The van der Waals surface area contributed by atoms with Crippen molar-refractivity contribution in [3.63, 3.8) is 0 Å². The van der Waals surface area contributed by atoms with E-state index in [-0.39, 0.29) is 18.0 Å². The smallest absolute Gasteiger partial charge is 0.245 e. The highest BCUT2D eigenvalue weighted by molar-refractivity contribution is 5.85. The molecule has 1 aromatic heterocycles. The van der Waals surface area contributed by atoms with E-state index >= 15 is 0 Å². The van der Waals surface area contributed by atoms with E-state index in [4.69, 9.17) is 0 Å². The molecule has 0 aromatic carbocycles. The molecule has 5 heteroatoms. The minimum absolute atomic E-state index is 0.102. The maximum absolute atomic E-state index is 12.2. The molecule has 1 unspecified atom stereocenters. The Balaban J connectivity index is 2.03. The van der Waals surface area contributed by atoms with Crippen molar-refractivity contribution in [2.75, 3.05) is 11.9 Å². The van der Waals surface area contributed by atoms with Crippen LogP contribution in [0.4, 0.5) is 5.69 Å². The number of nitrogens with zero attached hydrogens (tertiary/aromatic N) is 3. The molecule has 17 heavy (non-hydrogen) atoms. The molecule has 1 aliphatic rings. The summed E-state index contributed by atoms with van der Waals surface area (Å²) in [5, 5.41) is 7.35. The van der Waals surface area contributed by atoms with Gasteiger partial charge in [0, 0.05) is 25.8 Å². The molecule has 2 heterocycles. The van der Waals surface area contributed by atoms with E-state index in [2.05, 4.69) is 24.3 Å². The minimum Gasteiger partial charge on any atom is -0.371 e. The lowest BCUT2D eigenvalue weighted by Crippen LogP contribution is -2.50. The second-order valence-corrected chi connectivity index (χ2v) is 4.87. The van der Waals surface area contributed by atoms with E-state index in [9.17, 15) is 4.79 Å². The van der Waals surface area contributed by atoms with E-state index in [1.807, 2.05) is 18.1 Å². The summed E-state index contributed by atoms with van der Waals surface area (Å²) in [6.07, 6.45) is 5.60. The highest BCUT2D eigenvalue weighted by Gasteiger charge is 2.30. The lowest BCUT2D eigenvalue weighted by molar-refractivity contribution is -0.136. The van der Waals surface area contributed by atoms with Crippen LogP contribution in [0.5, 0.6) is 0 Å². The quantitative estimate of drug-likeness (QED) is 0.858. The van der Waals surface area contributed by atoms with Gasteiger partial charge in [0.2, 0.25) is 5.91 Å². The molecule has 5 nitrogen and oxygen atoms in total. The number of carbonyl (C=O) groups is 1. The lowest BCUT2D eigenvalue weighted by atomic mass is 10.0. The standard InChI is InChI=1S/C12H20N4O/c1-9(2)16-6-4-5-11(12(16)17)14-10-7-13-15(3)8-10/h7-9,11,14H,4-6H2,1-3H3. The molecule has 1 amide bonds. The van der Waals surface area contributed by atoms with Gasteiger partial charge >= 0.3 is 0 Å². The van der Waals surface area contributed by atoms with E-state index in [1.54, 1.807) is 10.9 Å². The van der Waals surface area contributed by atoms with Crippen molar-refractivity contribution in [3.05, 3.63) is 12.4 Å². The number of hydrogen-bond donors (Lipinski definition) is 1. The molecule has 1 atom stereocenters. The number of rotatable bonds is 3. The molecule has 0 bridgehead atoms. The third-order valence-corrected chi connectivity index (χ3v) is 3.14. The second-order valence-electron chi connectivity index (χ2n) is 4.87. The van der Waals surface area contributed by atoms with Crippen molar-refractivity contribution < 1.29 is 4.79 Å². The molecule has 2 rings (SSSR count). The first-order valence-electron chi connectivity index (χ1n) is 6.13. The Morgan fingerprint density at radius 3 is 2.88 bits per heavy atom. The summed E-state index contributed by atoms with van der Waals surface area (Å²) in [5.74, 6) is 0.204. The van der Waals surface area contributed by atoms with E-state index in [0.29, 0.717) is 0 Å². The highest BCUT2D eigenvalue weighted by atomic mass is 16.2. The lowest BCUT2D eigenvalue weighted by Gasteiger charge is -2.35. The molecule has 94 valence electrons. The summed E-state index contributed by atoms with van der Waals surface area (Å²) in [6.45, 7) is 5.00. The monoisotopic (exact) mass is 236 g/mol. The maximum atomic E-state index is 12.2. The summed E-state index contributed by atoms with van der Waals surface area (Å²) in [5.41, 5.74) is 0.913. The summed E-state index contributed by atoms with van der Waals surface area (Å²) < 4.78 is 1.73. The summed E-state index contributed by atoms with van der Waals surface area (Å²) in [7, 11) is 1.87. The molecule has 1 N–H and O–H groups in total. The fourth-order valence-electron chi connectivity index (χ4n) is 2.24. The Kier molecular flexibility index (Phi) is 3.36. The van der Waals surface area contributed by atoms with Gasteiger partial charge in [-0.1, -0.05) is 0 Å². The van der Waals surface area contributed by atoms with Crippen molar-refractivity contribution in [3.8, 4) is 0 Å². The van der Waals surface area contributed by atoms with Crippen LogP contribution in [0.2, 0.25) is 0 Å². The fourth-order valence-corrected chi connectivity index (χ4v) is 2.24. The van der Waals surface area contributed by atoms with Gasteiger partial charge in [0.1, 0.15) is 6.04 Å². The largest absolute Gasteiger partial charge is 0.371 e. The van der Waals surface area contributed by atoms with Crippen LogP contribution < -0.4 is 5.32 Å². The molecule has 0 aliphatic carbocycles. The minimum atomic E-state index is -0.102. The van der Waals surface area contributed by atoms with Crippen LogP contribution in [0.3, 0.4) is 0 Å². The van der Waals surface area contributed by atoms with E-state index in [1.165, 1.54) is 0 Å². The molecule has 1 fully saturated rings. The molecular formula is C12H20N4O. The Bertz CT molecular complexity index is 399. The molecular weight excluding hydrogens is 216 g/mol. The Hall–Kier alpha value is -1.52. The normalized spacial score (nSPS) is 21.1. The van der Waals surface area contributed by atoms with Crippen LogP contribution in [0, 0.1) is 0 Å². The van der Waals surface area contributed by atoms with E-state index < -0.39 is 0 Å². The topological polar surface area (TPSA) is 50.2 Å². The van der Waals surface area contributed by atoms with Gasteiger partial charge < -0.3 is 10.2 Å². The summed E-state index contributed by atoms with van der Waals surface area (Å²) >= 11 is 0. The summed E-state index contributed by atoms with van der Waals surface area (Å²) in [4.78, 5) is 14.2. The first kappa shape index (κ1) is 12.0. The van der Waals surface area contributed by atoms with Crippen LogP contribution >= 0.6 is 0 Å². The average molecular weight is 236 g/mol. The van der Waals surface area contributed by atoms with Gasteiger partial charge in [-0.3, -0.25) is 9.48 Å². The Morgan fingerprint density at radius 1 is 1.53 bits per heavy atom. The van der Waals surface area contributed by atoms with Gasteiger partial charge in [-0.25, -0.2) is 0 Å². The van der Waals surface area contributed by atoms with Crippen LogP contribution in [0.25, 0.3) is 0 Å². The van der Waals surface area contributed by atoms with Crippen molar-refractivity contribution in [2.45, 2.75) is 38.8 Å². The van der Waals surface area contributed by atoms with Gasteiger partial charge in [0.25, 0.3) is 0 Å². The Morgan fingerprint density at radius 2 is 2.29 bits per heavy atom. The number of nitrogens with one attached hydrogen (secondary N) is 1. The molecule has 1 saturated heterocycles. The van der Waals surface area contributed by atoms with Gasteiger partial charge in [-0.05, 0) is 26.7 Å². The highest BCUT2D eigenvalue weighted by Crippen LogP contribution is 2.18. The second kappa shape index (κ2) is 4.77. The molecule has 1 aromatic rings.